The van der Waals surface area contributed by atoms with Gasteiger partial charge in [0.2, 0.25) is 0 Å². The number of primary amides is 1. The number of nitrogens with one attached hydrogen (secondary N) is 1. The van der Waals surface area contributed by atoms with E-state index in [0.29, 0.717) is 4.57 Å². The number of amides is 1. The van der Waals surface area contributed by atoms with Crippen LogP contribution < -0.4 is 17.0 Å². The highest BCUT2D eigenvalue weighted by atomic mass is 19.1. The van der Waals surface area contributed by atoms with Crippen molar-refractivity contribution in [2.24, 2.45) is 5.73 Å². The van der Waals surface area contributed by atoms with E-state index in [1.165, 1.54) is 12.1 Å². The first-order valence-corrected chi connectivity index (χ1v) is 4.91. The molecule has 1 heterocycles. The summed E-state index contributed by atoms with van der Waals surface area (Å²) in [6.45, 7) is 0. The molecule has 1 amide bonds. The first-order valence-electron chi connectivity index (χ1n) is 4.91. The fourth-order valence-electron chi connectivity index (χ4n) is 1.47. The lowest BCUT2D eigenvalue weighted by atomic mass is 10.3. The highest BCUT2D eigenvalue weighted by Crippen LogP contribution is 2.04. The summed E-state index contributed by atoms with van der Waals surface area (Å²) in [7, 11) is 0. The number of rotatable bonds is 2. The summed E-state index contributed by atoms with van der Waals surface area (Å²) < 4.78 is 13.5. The van der Waals surface area contributed by atoms with Gasteiger partial charge in [0.15, 0.2) is 0 Å². The molecule has 0 unspecified atom stereocenters. The molecule has 6 nitrogen and oxygen atoms in total. The number of carbonyl (C=O) groups is 1. The van der Waals surface area contributed by atoms with E-state index in [-0.39, 0.29) is 11.3 Å². The van der Waals surface area contributed by atoms with Crippen LogP contribution in [0.15, 0.2) is 40.1 Å². The molecule has 0 aliphatic carbocycles. The summed E-state index contributed by atoms with van der Waals surface area (Å²) in [6.07, 6.45) is 0.951. The van der Waals surface area contributed by atoms with Gasteiger partial charge in [0.05, 0.1) is 5.69 Å². The van der Waals surface area contributed by atoms with Gasteiger partial charge in [-0.1, -0.05) is 0 Å². The average molecular weight is 249 g/mol. The Bertz CT molecular complexity index is 716. The number of aromatic amines is 1. The normalized spacial score (nSPS) is 10.3. The van der Waals surface area contributed by atoms with Crippen LogP contribution in [0.25, 0.3) is 5.69 Å². The minimum Gasteiger partial charge on any atom is -0.365 e. The molecule has 2 aromatic rings. The van der Waals surface area contributed by atoms with Crippen molar-refractivity contribution >= 4 is 5.91 Å². The number of benzene rings is 1. The predicted molar refractivity (Wildman–Crippen MR) is 61.1 cm³/mol. The molecule has 0 aliphatic heterocycles. The summed E-state index contributed by atoms with van der Waals surface area (Å²) >= 11 is 0. The van der Waals surface area contributed by atoms with E-state index >= 15 is 0 Å². The van der Waals surface area contributed by atoms with Gasteiger partial charge in [-0.15, -0.1) is 0 Å². The molecule has 0 fully saturated rings. The summed E-state index contributed by atoms with van der Waals surface area (Å²) in [5.41, 5.74) is 3.21. The first-order chi connectivity index (χ1) is 8.50. The Morgan fingerprint density at radius 3 is 2.39 bits per heavy atom. The molecular formula is C11H8FN3O3. The monoisotopic (exact) mass is 249 g/mol. The fourth-order valence-corrected chi connectivity index (χ4v) is 1.47. The van der Waals surface area contributed by atoms with Crippen molar-refractivity contribution < 1.29 is 9.18 Å². The van der Waals surface area contributed by atoms with Gasteiger partial charge in [-0.2, -0.15) is 0 Å². The van der Waals surface area contributed by atoms with E-state index in [2.05, 4.69) is 4.98 Å². The lowest BCUT2D eigenvalue weighted by Crippen LogP contribution is -2.38. The third-order valence-electron chi connectivity index (χ3n) is 2.33. The van der Waals surface area contributed by atoms with Gasteiger partial charge in [0.1, 0.15) is 11.4 Å². The summed E-state index contributed by atoms with van der Waals surface area (Å²) in [5, 5.41) is 0. The Morgan fingerprint density at radius 1 is 1.22 bits per heavy atom. The summed E-state index contributed by atoms with van der Waals surface area (Å²) in [4.78, 5) is 36.6. The molecule has 1 aromatic carbocycles. The Kier molecular flexibility index (Phi) is 2.80. The molecule has 0 saturated heterocycles. The lowest BCUT2D eigenvalue weighted by molar-refractivity contribution is 0.0998. The topological polar surface area (TPSA) is 97.9 Å². The molecular weight excluding hydrogens is 241 g/mol. The Morgan fingerprint density at radius 2 is 1.83 bits per heavy atom. The molecule has 0 atom stereocenters. The van der Waals surface area contributed by atoms with Crippen molar-refractivity contribution in [1.29, 1.82) is 0 Å². The van der Waals surface area contributed by atoms with Crippen molar-refractivity contribution in [3.63, 3.8) is 0 Å². The predicted octanol–water partition coefficient (Wildman–Crippen LogP) is -0.236. The van der Waals surface area contributed by atoms with Crippen LogP contribution in [0.5, 0.6) is 0 Å². The van der Waals surface area contributed by atoms with Crippen molar-refractivity contribution in [2.75, 3.05) is 0 Å². The summed E-state index contributed by atoms with van der Waals surface area (Å²) in [5.74, 6) is -1.46. The van der Waals surface area contributed by atoms with Crippen LogP contribution in [-0.2, 0) is 0 Å². The zero-order valence-electron chi connectivity index (χ0n) is 9.01. The number of H-pyrrole nitrogens is 1. The molecule has 3 N–H and O–H groups in total. The zero-order valence-corrected chi connectivity index (χ0v) is 9.01. The van der Waals surface area contributed by atoms with Crippen LogP contribution in [0, 0.1) is 5.82 Å². The highest BCUT2D eigenvalue weighted by Gasteiger charge is 2.12. The Labute approximate surface area is 99.5 Å². The van der Waals surface area contributed by atoms with Gasteiger partial charge >= 0.3 is 5.69 Å². The largest absolute Gasteiger partial charge is 0.365 e. The third kappa shape index (κ3) is 1.93. The number of hydrogen-bond acceptors (Lipinski definition) is 3. The Balaban J connectivity index is 2.75. The van der Waals surface area contributed by atoms with Crippen LogP contribution in [-0.4, -0.2) is 15.5 Å². The van der Waals surface area contributed by atoms with Crippen LogP contribution >= 0.6 is 0 Å². The molecule has 0 saturated carbocycles. The highest BCUT2D eigenvalue weighted by molar-refractivity contribution is 5.92. The van der Waals surface area contributed by atoms with Crippen molar-refractivity contribution in [2.45, 2.75) is 0 Å². The van der Waals surface area contributed by atoms with Gasteiger partial charge in [-0.25, -0.2) is 13.8 Å². The third-order valence-corrected chi connectivity index (χ3v) is 2.33. The molecule has 2 rings (SSSR count). The summed E-state index contributed by atoms with van der Waals surface area (Å²) in [6, 6.07) is 4.68. The minimum absolute atomic E-state index is 0.144. The molecule has 7 heteroatoms. The zero-order chi connectivity index (χ0) is 13.3. The van der Waals surface area contributed by atoms with Gasteiger partial charge < -0.3 is 10.7 Å². The van der Waals surface area contributed by atoms with E-state index in [1.54, 1.807) is 0 Å². The molecule has 0 aliphatic rings. The Hall–Kier alpha value is -2.70. The number of nitrogens with two attached hydrogens (primary N) is 1. The van der Waals surface area contributed by atoms with Gasteiger partial charge in [0.25, 0.3) is 11.5 Å². The number of aromatic nitrogens is 2. The van der Waals surface area contributed by atoms with Crippen LogP contribution in [0.2, 0.25) is 0 Å². The average Bonchev–Trinajstić information content (AvgIpc) is 2.31. The maximum atomic E-state index is 12.8. The van der Waals surface area contributed by atoms with Crippen molar-refractivity contribution in [3.05, 3.63) is 62.7 Å². The maximum Gasteiger partial charge on any atom is 0.333 e. The van der Waals surface area contributed by atoms with Gasteiger partial charge in [-0.3, -0.25) is 9.59 Å². The molecule has 0 radical (unpaired) electrons. The molecule has 0 spiro atoms. The number of nitrogens with zero attached hydrogens (tertiary/aromatic N) is 1. The van der Waals surface area contributed by atoms with Crippen LogP contribution in [0.1, 0.15) is 10.4 Å². The SMILES string of the molecule is NC(=O)c1c[nH]c(=O)n(-c2ccc(F)cc2)c1=O. The van der Waals surface area contributed by atoms with E-state index < -0.39 is 23.0 Å². The molecule has 92 valence electrons. The van der Waals surface area contributed by atoms with Gasteiger partial charge in [0, 0.05) is 6.20 Å². The lowest BCUT2D eigenvalue weighted by Gasteiger charge is -2.05. The first kappa shape index (κ1) is 11.8. The number of carbonyl (C=O) groups excluding carboxylic acids is 1. The van der Waals surface area contributed by atoms with Crippen molar-refractivity contribution in [3.8, 4) is 5.69 Å². The van der Waals surface area contributed by atoms with E-state index in [4.69, 9.17) is 5.73 Å². The smallest absolute Gasteiger partial charge is 0.333 e. The second-order valence-electron chi connectivity index (χ2n) is 3.49. The van der Waals surface area contributed by atoms with E-state index in [1.807, 2.05) is 0 Å². The van der Waals surface area contributed by atoms with Crippen LogP contribution in [0.3, 0.4) is 0 Å². The minimum atomic E-state index is -0.952. The quantitative estimate of drug-likeness (QED) is 0.768. The fraction of sp³-hybridized carbons (Fsp3) is 0. The number of hydrogen-bond donors (Lipinski definition) is 2. The standard InChI is InChI=1S/C11H8FN3O3/c12-6-1-3-7(4-2-6)15-10(17)8(9(13)16)5-14-11(15)18/h1-5H,(H2,13,16)(H,14,18). The second kappa shape index (κ2) is 4.28. The van der Waals surface area contributed by atoms with Gasteiger partial charge in [-0.05, 0) is 24.3 Å². The molecule has 1 aromatic heterocycles. The molecule has 0 bridgehead atoms. The second-order valence-corrected chi connectivity index (χ2v) is 3.49. The van der Waals surface area contributed by atoms with Crippen LogP contribution in [0.4, 0.5) is 4.39 Å². The molecule has 18 heavy (non-hydrogen) atoms. The number of halogens is 1. The van der Waals surface area contributed by atoms with Crippen molar-refractivity contribution in [1.82, 2.24) is 9.55 Å². The maximum absolute atomic E-state index is 12.8. The van der Waals surface area contributed by atoms with E-state index in [0.717, 1.165) is 18.3 Å². The van der Waals surface area contributed by atoms with E-state index in [9.17, 15) is 18.8 Å².